The molecule has 0 unspecified atom stereocenters. The molecule has 9 nitrogen and oxygen atoms in total. The smallest absolute Gasteiger partial charge is 0.270 e. The van der Waals surface area contributed by atoms with Crippen LogP contribution in [0.4, 0.5) is 10.8 Å². The van der Waals surface area contributed by atoms with Gasteiger partial charge >= 0.3 is 0 Å². The van der Waals surface area contributed by atoms with Gasteiger partial charge in [-0.1, -0.05) is 23.1 Å². The first-order valence-corrected chi connectivity index (χ1v) is 9.72. The number of non-ortho nitro benzene ring substituents is 1. The van der Waals surface area contributed by atoms with Gasteiger partial charge in [0, 0.05) is 29.0 Å². The van der Waals surface area contributed by atoms with E-state index >= 15 is 0 Å². The van der Waals surface area contributed by atoms with Gasteiger partial charge in [-0.25, -0.2) is 0 Å². The van der Waals surface area contributed by atoms with E-state index in [-0.39, 0.29) is 12.5 Å². The zero-order chi connectivity index (χ0) is 18.6. The first kappa shape index (κ1) is 17.8. The largest absolute Gasteiger partial charge is 0.467 e. The molecule has 11 heteroatoms. The highest BCUT2D eigenvalue weighted by molar-refractivity contribution is 8.00. The van der Waals surface area contributed by atoms with E-state index in [1.54, 1.807) is 6.26 Å². The van der Waals surface area contributed by atoms with Crippen LogP contribution in [-0.4, -0.2) is 21.9 Å². The number of ether oxygens (including phenoxy) is 2. The van der Waals surface area contributed by atoms with Crippen LogP contribution >= 0.6 is 23.1 Å². The molecular weight excluding hydrogens is 392 g/mol. The van der Waals surface area contributed by atoms with Crippen molar-refractivity contribution < 1.29 is 18.8 Å². The predicted octanol–water partition coefficient (Wildman–Crippen LogP) is 3.81. The molecule has 0 saturated heterocycles. The fourth-order valence-corrected chi connectivity index (χ4v) is 4.26. The monoisotopic (exact) mass is 406 g/mol. The molecule has 3 aromatic rings. The van der Waals surface area contributed by atoms with Crippen molar-refractivity contribution in [1.82, 2.24) is 10.2 Å². The number of benzene rings is 1. The third-order valence-electron chi connectivity index (χ3n) is 3.73. The molecule has 1 aliphatic heterocycles. The van der Waals surface area contributed by atoms with Gasteiger partial charge in [-0.05, 0) is 12.1 Å². The lowest BCUT2D eigenvalue weighted by Gasteiger charge is -2.20. The van der Waals surface area contributed by atoms with Crippen molar-refractivity contribution in [2.45, 2.75) is 23.2 Å². The Morgan fingerprint density at radius 3 is 3.11 bits per heavy atom. The number of thioether (sulfide) groups is 1. The van der Waals surface area contributed by atoms with Crippen LogP contribution in [0.15, 0.2) is 39.3 Å². The summed E-state index contributed by atoms with van der Waals surface area (Å²) in [6.07, 6.45) is 1.62. The molecule has 0 aliphatic carbocycles. The van der Waals surface area contributed by atoms with Gasteiger partial charge in [-0.2, -0.15) is 0 Å². The molecule has 140 valence electrons. The van der Waals surface area contributed by atoms with E-state index in [0.29, 0.717) is 35.3 Å². The fraction of sp³-hybridized carbons (Fsp3) is 0.250. The summed E-state index contributed by atoms with van der Waals surface area (Å²) in [4.78, 5) is 10.8. The maximum Gasteiger partial charge on any atom is 0.270 e. The van der Waals surface area contributed by atoms with E-state index in [1.807, 2.05) is 12.1 Å². The lowest BCUT2D eigenvalue weighted by molar-refractivity contribution is -0.385. The molecule has 0 saturated carbocycles. The van der Waals surface area contributed by atoms with E-state index in [2.05, 4.69) is 15.5 Å². The van der Waals surface area contributed by atoms with Crippen molar-refractivity contribution in [2.24, 2.45) is 0 Å². The van der Waals surface area contributed by atoms with Gasteiger partial charge < -0.3 is 19.2 Å². The highest BCUT2D eigenvalue weighted by Crippen LogP contribution is 2.37. The van der Waals surface area contributed by atoms with Crippen LogP contribution in [0.3, 0.4) is 0 Å². The quantitative estimate of drug-likeness (QED) is 0.355. The second kappa shape index (κ2) is 7.94. The topological polar surface area (TPSA) is 113 Å². The third-order valence-corrected chi connectivity index (χ3v) is 5.80. The number of nitro benzene ring substituents is 1. The Labute approximate surface area is 161 Å². The average Bonchev–Trinajstić information content (AvgIpc) is 3.36. The van der Waals surface area contributed by atoms with E-state index < -0.39 is 4.92 Å². The van der Waals surface area contributed by atoms with Crippen molar-refractivity contribution in [1.29, 1.82) is 0 Å². The Hall–Kier alpha value is -2.63. The summed E-state index contributed by atoms with van der Waals surface area (Å²) in [5.74, 6) is 1.94. The number of nitro groups is 1. The van der Waals surface area contributed by atoms with Gasteiger partial charge in [-0.15, -0.1) is 10.2 Å². The number of furan rings is 1. The van der Waals surface area contributed by atoms with Crippen LogP contribution in [0.2, 0.25) is 0 Å². The molecule has 1 N–H and O–H groups in total. The molecule has 0 atom stereocenters. The third kappa shape index (κ3) is 4.21. The van der Waals surface area contributed by atoms with Crippen LogP contribution in [0, 0.1) is 10.1 Å². The summed E-state index contributed by atoms with van der Waals surface area (Å²) in [5, 5.41) is 23.2. The molecule has 1 aromatic carbocycles. The Balaban J connectivity index is 1.44. The van der Waals surface area contributed by atoms with Crippen molar-refractivity contribution in [3.8, 4) is 5.75 Å². The number of fused-ring (bicyclic) bond motifs is 1. The van der Waals surface area contributed by atoms with Gasteiger partial charge in [0.25, 0.3) is 5.69 Å². The number of nitrogens with one attached hydrogen (secondary N) is 1. The second-order valence-corrected chi connectivity index (χ2v) is 7.76. The van der Waals surface area contributed by atoms with E-state index in [0.717, 1.165) is 15.7 Å². The van der Waals surface area contributed by atoms with Gasteiger partial charge in [0.05, 0.1) is 24.3 Å². The Bertz CT molecular complexity index is 944. The predicted molar refractivity (Wildman–Crippen MR) is 98.9 cm³/mol. The zero-order valence-electron chi connectivity index (χ0n) is 13.9. The van der Waals surface area contributed by atoms with Crippen molar-refractivity contribution in [2.75, 3.05) is 12.1 Å². The van der Waals surface area contributed by atoms with Crippen LogP contribution < -0.4 is 10.1 Å². The van der Waals surface area contributed by atoms with E-state index in [9.17, 15) is 10.1 Å². The van der Waals surface area contributed by atoms with Gasteiger partial charge in [-0.3, -0.25) is 10.1 Å². The standard InChI is InChI=1S/C16H14N4O5S2/c21-20(22)12-4-10-7-23-9-25-14(10)11(5-12)8-26-16-19-18-15(27-16)17-6-13-2-1-3-24-13/h1-5H,6-9H2,(H,17,18). The minimum Gasteiger partial charge on any atom is -0.467 e. The number of aromatic nitrogens is 2. The number of rotatable bonds is 7. The van der Waals surface area contributed by atoms with Crippen molar-refractivity contribution in [3.63, 3.8) is 0 Å². The molecule has 0 bridgehead atoms. The Kier molecular flexibility index (Phi) is 5.23. The summed E-state index contributed by atoms with van der Waals surface area (Å²) >= 11 is 2.86. The zero-order valence-corrected chi connectivity index (χ0v) is 15.5. The average molecular weight is 406 g/mol. The van der Waals surface area contributed by atoms with E-state index in [4.69, 9.17) is 13.9 Å². The normalized spacial score (nSPS) is 13.0. The number of hydrogen-bond donors (Lipinski definition) is 1. The molecule has 1 aliphatic rings. The lowest BCUT2D eigenvalue weighted by Crippen LogP contribution is -2.13. The first-order valence-electron chi connectivity index (χ1n) is 7.92. The Morgan fingerprint density at radius 2 is 2.30 bits per heavy atom. The lowest BCUT2D eigenvalue weighted by atomic mass is 10.1. The molecule has 2 aromatic heterocycles. The summed E-state index contributed by atoms with van der Waals surface area (Å²) in [6, 6.07) is 6.72. The van der Waals surface area contributed by atoms with Crippen molar-refractivity contribution >= 4 is 33.9 Å². The van der Waals surface area contributed by atoms with Crippen LogP contribution in [0.5, 0.6) is 5.75 Å². The second-order valence-electron chi connectivity index (χ2n) is 5.56. The molecule has 3 heterocycles. The molecule has 0 spiro atoms. The summed E-state index contributed by atoms with van der Waals surface area (Å²) < 4.78 is 16.8. The minimum atomic E-state index is -0.412. The Morgan fingerprint density at radius 1 is 1.37 bits per heavy atom. The van der Waals surface area contributed by atoms with Crippen LogP contribution in [-0.2, 0) is 23.6 Å². The molecule has 27 heavy (non-hydrogen) atoms. The number of anilines is 1. The number of nitrogens with zero attached hydrogens (tertiary/aromatic N) is 3. The molecule has 0 fully saturated rings. The fourth-order valence-electron chi connectivity index (χ4n) is 2.55. The maximum atomic E-state index is 11.2. The van der Waals surface area contributed by atoms with Crippen LogP contribution in [0.1, 0.15) is 16.9 Å². The number of hydrogen-bond acceptors (Lipinski definition) is 10. The summed E-state index contributed by atoms with van der Waals surface area (Å²) in [6.45, 7) is 0.967. The molecule has 0 amide bonds. The van der Waals surface area contributed by atoms with Gasteiger partial charge in [0.1, 0.15) is 11.5 Å². The molecular formula is C16H14N4O5S2. The maximum absolute atomic E-state index is 11.2. The first-order chi connectivity index (χ1) is 13.2. The van der Waals surface area contributed by atoms with Gasteiger partial charge in [0.2, 0.25) is 5.13 Å². The summed E-state index contributed by atoms with van der Waals surface area (Å²) in [7, 11) is 0. The molecule has 0 radical (unpaired) electrons. The highest BCUT2D eigenvalue weighted by atomic mass is 32.2. The van der Waals surface area contributed by atoms with Crippen molar-refractivity contribution in [3.05, 3.63) is 57.5 Å². The molecule has 4 rings (SSSR count). The minimum absolute atomic E-state index is 0.0246. The van der Waals surface area contributed by atoms with Crippen LogP contribution in [0.25, 0.3) is 0 Å². The van der Waals surface area contributed by atoms with E-state index in [1.165, 1.54) is 35.2 Å². The SMILES string of the molecule is O=[N+]([O-])c1cc2c(c(CSc3nnc(NCc4ccco4)s3)c1)OCOC2. The summed E-state index contributed by atoms with van der Waals surface area (Å²) in [5.41, 5.74) is 1.45. The van der Waals surface area contributed by atoms with Gasteiger partial charge in [0.15, 0.2) is 11.1 Å². The highest BCUT2D eigenvalue weighted by Gasteiger charge is 2.21.